The van der Waals surface area contributed by atoms with Gasteiger partial charge in [0.2, 0.25) is 0 Å². The van der Waals surface area contributed by atoms with Crippen LogP contribution in [0, 0.1) is 0 Å². The van der Waals surface area contributed by atoms with Crippen molar-refractivity contribution in [3.8, 4) is 0 Å². The van der Waals surface area contributed by atoms with Crippen LogP contribution in [-0.2, 0) is 0 Å². The Bertz CT molecular complexity index is 252. The molecule has 0 radical (unpaired) electrons. The molecule has 7 heteroatoms. The highest BCUT2D eigenvalue weighted by Crippen LogP contribution is 1.63. The summed E-state index contributed by atoms with van der Waals surface area (Å²) in [5.41, 5.74) is 0. The molecular weight excluding hydrogens is 203 g/mol. The summed E-state index contributed by atoms with van der Waals surface area (Å²) in [5.74, 6) is 0. The maximum Gasteiger partial charge on any atom is 0.0919 e. The number of nitrogens with zero attached hydrogens (tertiary/aromatic N) is 3. The summed E-state index contributed by atoms with van der Waals surface area (Å²) >= 11 is 0. The van der Waals surface area contributed by atoms with Gasteiger partial charge in [-0.05, 0) is 0 Å². The second-order valence-corrected chi connectivity index (χ2v) is 2.28. The Morgan fingerprint density at radius 1 is 0.562 bits per heavy atom. The van der Waals surface area contributed by atoms with Crippen molar-refractivity contribution in [2.45, 2.75) is 0 Å². The summed E-state index contributed by atoms with van der Waals surface area (Å²) < 4.78 is 0. The Hall–Kier alpha value is -2.31. The van der Waals surface area contributed by atoms with Crippen molar-refractivity contribution in [3.63, 3.8) is 0 Å². The molecule has 3 N–H and O–H groups in total. The molecule has 0 saturated carbocycles. The zero-order valence-electron chi connectivity index (χ0n) is 8.04. The molecule has 3 heterocycles. The molecule has 3 rings (SSSR count). The molecule has 3 aromatic heterocycles. The summed E-state index contributed by atoms with van der Waals surface area (Å²) in [4.78, 5) is 19.2. The van der Waals surface area contributed by atoms with Gasteiger partial charge in [0.25, 0.3) is 0 Å². The molecule has 3 aromatic rings. The third-order valence-corrected chi connectivity index (χ3v) is 1.22. The third-order valence-electron chi connectivity index (χ3n) is 1.22. The lowest BCUT2D eigenvalue weighted by molar-refractivity contribution is 1.31. The van der Waals surface area contributed by atoms with E-state index in [-0.39, 0.29) is 8.41 Å². The number of aromatic amines is 3. The highest BCUT2D eigenvalue weighted by molar-refractivity contribution is 5.75. The Morgan fingerprint density at radius 2 is 0.875 bits per heavy atom. The number of H-pyrrole nitrogens is 3. The average molecular weight is 218 g/mol. The van der Waals surface area contributed by atoms with Crippen LogP contribution in [-0.4, -0.2) is 38.3 Å². The van der Waals surface area contributed by atoms with E-state index in [1.54, 1.807) is 56.2 Å². The fourth-order valence-electron chi connectivity index (χ4n) is 0.645. The minimum Gasteiger partial charge on any atom is -0.351 e. The summed E-state index contributed by atoms with van der Waals surface area (Å²) in [6.45, 7) is 0. The van der Waals surface area contributed by atoms with Gasteiger partial charge in [0.1, 0.15) is 0 Å². The molecule has 0 bridgehead atoms. The number of imidazole rings is 3. The quantitative estimate of drug-likeness (QED) is 0.466. The standard InChI is InChI=1S/3C3H4N2.BH3/c3*1-2-5-3-4-1;/h3*1-3H,(H,4,5);1H3. The lowest BCUT2D eigenvalue weighted by Gasteiger charge is -1.46. The fraction of sp³-hybridized carbons (Fsp3) is 0. The second kappa shape index (κ2) is 10.8. The first-order valence-corrected chi connectivity index (χ1v) is 4.28. The fourth-order valence-corrected chi connectivity index (χ4v) is 0.645. The van der Waals surface area contributed by atoms with Crippen molar-refractivity contribution in [2.24, 2.45) is 0 Å². The average Bonchev–Trinajstić information content (AvgIpc) is 3.09. The van der Waals surface area contributed by atoms with E-state index in [2.05, 4.69) is 29.9 Å². The first-order valence-electron chi connectivity index (χ1n) is 4.28. The summed E-state index contributed by atoms with van der Waals surface area (Å²) in [5, 5.41) is 0. The molecular formula is C9H15BN6. The number of hydrogen-bond donors (Lipinski definition) is 3. The van der Waals surface area contributed by atoms with E-state index in [9.17, 15) is 0 Å². The van der Waals surface area contributed by atoms with E-state index >= 15 is 0 Å². The predicted octanol–water partition coefficient (Wildman–Crippen LogP) is 0.0452. The minimum atomic E-state index is 0. The lowest BCUT2D eigenvalue weighted by atomic mass is 10.8. The van der Waals surface area contributed by atoms with Gasteiger partial charge in [-0.2, -0.15) is 0 Å². The van der Waals surface area contributed by atoms with Crippen molar-refractivity contribution < 1.29 is 0 Å². The molecule has 0 aromatic carbocycles. The topological polar surface area (TPSA) is 86.0 Å². The Labute approximate surface area is 95.2 Å². The molecule has 0 aliphatic heterocycles. The first kappa shape index (κ1) is 13.7. The monoisotopic (exact) mass is 218 g/mol. The summed E-state index contributed by atoms with van der Waals surface area (Å²) in [6.07, 6.45) is 15.2. The van der Waals surface area contributed by atoms with E-state index in [0.717, 1.165) is 0 Å². The molecule has 0 fully saturated rings. The van der Waals surface area contributed by atoms with Gasteiger partial charge in [-0.3, -0.25) is 0 Å². The molecule has 84 valence electrons. The maximum absolute atomic E-state index is 3.67. The van der Waals surface area contributed by atoms with Crippen LogP contribution in [0.5, 0.6) is 0 Å². The minimum absolute atomic E-state index is 0. The SMILES string of the molecule is B.c1c[nH]cn1.c1c[nH]cn1.c1c[nH]cn1. The molecule has 0 aliphatic carbocycles. The van der Waals surface area contributed by atoms with E-state index in [0.29, 0.717) is 0 Å². The molecule has 0 spiro atoms. The second-order valence-electron chi connectivity index (χ2n) is 2.28. The van der Waals surface area contributed by atoms with Crippen LogP contribution in [0.25, 0.3) is 0 Å². The van der Waals surface area contributed by atoms with Crippen LogP contribution in [0.3, 0.4) is 0 Å². The molecule has 0 saturated heterocycles. The highest BCUT2D eigenvalue weighted by Gasteiger charge is 1.57. The van der Waals surface area contributed by atoms with Crippen molar-refractivity contribution in [2.75, 3.05) is 0 Å². The zero-order valence-corrected chi connectivity index (χ0v) is 8.04. The van der Waals surface area contributed by atoms with Crippen LogP contribution in [0.1, 0.15) is 0 Å². The smallest absolute Gasteiger partial charge is 0.0919 e. The van der Waals surface area contributed by atoms with Crippen LogP contribution in [0.2, 0.25) is 0 Å². The van der Waals surface area contributed by atoms with Crippen LogP contribution < -0.4 is 0 Å². The Balaban J connectivity index is 0.000000205. The van der Waals surface area contributed by atoms with Crippen LogP contribution >= 0.6 is 0 Å². The Morgan fingerprint density at radius 3 is 0.938 bits per heavy atom. The summed E-state index contributed by atoms with van der Waals surface area (Å²) in [6, 6.07) is 0. The van der Waals surface area contributed by atoms with Gasteiger partial charge in [0, 0.05) is 37.2 Å². The zero-order chi connectivity index (χ0) is 10.6. The molecule has 16 heavy (non-hydrogen) atoms. The van der Waals surface area contributed by atoms with Gasteiger partial charge < -0.3 is 15.0 Å². The largest absolute Gasteiger partial charge is 0.351 e. The normalized spacial score (nSPS) is 7.50. The third kappa shape index (κ3) is 8.30. The van der Waals surface area contributed by atoms with Gasteiger partial charge in [0.15, 0.2) is 0 Å². The van der Waals surface area contributed by atoms with Gasteiger partial charge in [-0.25, -0.2) is 15.0 Å². The predicted molar refractivity (Wildman–Crippen MR) is 65.7 cm³/mol. The molecule has 0 atom stereocenters. The van der Waals surface area contributed by atoms with Gasteiger partial charge >= 0.3 is 0 Å². The van der Waals surface area contributed by atoms with Crippen LogP contribution in [0.4, 0.5) is 0 Å². The molecule has 0 amide bonds. The van der Waals surface area contributed by atoms with E-state index in [1.807, 2.05) is 0 Å². The van der Waals surface area contributed by atoms with E-state index < -0.39 is 0 Å². The number of nitrogens with one attached hydrogen (secondary N) is 3. The molecule has 6 nitrogen and oxygen atoms in total. The maximum atomic E-state index is 3.67. The first-order chi connectivity index (χ1) is 7.50. The summed E-state index contributed by atoms with van der Waals surface area (Å²) in [7, 11) is 0. The van der Waals surface area contributed by atoms with E-state index in [4.69, 9.17) is 0 Å². The van der Waals surface area contributed by atoms with Crippen molar-refractivity contribution in [1.82, 2.24) is 29.9 Å². The van der Waals surface area contributed by atoms with E-state index in [1.165, 1.54) is 0 Å². The van der Waals surface area contributed by atoms with Crippen molar-refractivity contribution in [1.29, 1.82) is 0 Å². The number of hydrogen-bond acceptors (Lipinski definition) is 3. The molecule has 0 unspecified atom stereocenters. The van der Waals surface area contributed by atoms with Crippen molar-refractivity contribution in [3.05, 3.63) is 56.2 Å². The van der Waals surface area contributed by atoms with Gasteiger partial charge in [-0.15, -0.1) is 0 Å². The molecule has 0 aliphatic rings. The van der Waals surface area contributed by atoms with Crippen LogP contribution in [0.15, 0.2) is 56.2 Å². The highest BCUT2D eigenvalue weighted by atomic mass is 14.8. The Kier molecular flexibility index (Phi) is 9.22. The van der Waals surface area contributed by atoms with Crippen molar-refractivity contribution >= 4 is 8.41 Å². The van der Waals surface area contributed by atoms with Gasteiger partial charge in [0.05, 0.1) is 27.4 Å². The lowest BCUT2D eigenvalue weighted by Crippen LogP contribution is -1.44. The number of rotatable bonds is 0. The number of aromatic nitrogens is 6. The van der Waals surface area contributed by atoms with Gasteiger partial charge in [-0.1, -0.05) is 0 Å².